The maximum atomic E-state index is 6.03. The second-order valence-corrected chi connectivity index (χ2v) is 4.82. The summed E-state index contributed by atoms with van der Waals surface area (Å²) >= 11 is 0. The normalized spacial score (nSPS) is 11.7. The molecule has 18 heavy (non-hydrogen) atoms. The molecule has 2 aromatic rings. The zero-order chi connectivity index (χ0) is 13.2. The Hall–Kier alpha value is -1.84. The van der Waals surface area contributed by atoms with Gasteiger partial charge in [0.2, 0.25) is 0 Å². The maximum absolute atomic E-state index is 6.03. The van der Waals surface area contributed by atoms with E-state index in [9.17, 15) is 0 Å². The molecule has 0 saturated heterocycles. The van der Waals surface area contributed by atoms with Crippen molar-refractivity contribution >= 4 is 5.69 Å². The number of nitrogens with zero attached hydrogens (tertiary/aromatic N) is 3. The quantitative estimate of drug-likeness (QED) is 0.899. The molecule has 0 saturated carbocycles. The summed E-state index contributed by atoms with van der Waals surface area (Å²) in [5.74, 6) is 0. The molecule has 2 N–H and O–H groups in total. The van der Waals surface area contributed by atoms with Crippen molar-refractivity contribution in [1.29, 1.82) is 0 Å². The molecule has 96 valence electrons. The first kappa shape index (κ1) is 12.6. The monoisotopic (exact) mass is 244 g/mol. The van der Waals surface area contributed by atoms with E-state index in [0.29, 0.717) is 0 Å². The zero-order valence-electron chi connectivity index (χ0n) is 11.2. The molecule has 0 unspecified atom stereocenters. The van der Waals surface area contributed by atoms with Crippen LogP contribution < -0.4 is 5.73 Å². The highest BCUT2D eigenvalue weighted by Crippen LogP contribution is 2.32. The lowest BCUT2D eigenvalue weighted by atomic mass is 9.94. The summed E-state index contributed by atoms with van der Waals surface area (Å²) < 4.78 is 2.21. The molecule has 0 aliphatic heterocycles. The number of imidazole rings is 1. The van der Waals surface area contributed by atoms with Crippen LogP contribution in [0.1, 0.15) is 33.6 Å². The van der Waals surface area contributed by atoms with Crippen LogP contribution in [0.4, 0.5) is 5.69 Å². The second-order valence-electron chi connectivity index (χ2n) is 4.82. The minimum atomic E-state index is 0.0636. The third kappa shape index (κ3) is 1.98. The van der Waals surface area contributed by atoms with Gasteiger partial charge in [0.1, 0.15) is 0 Å². The highest BCUT2D eigenvalue weighted by Gasteiger charge is 2.25. The van der Waals surface area contributed by atoms with Gasteiger partial charge in [0.05, 0.1) is 18.2 Å². The van der Waals surface area contributed by atoms with Gasteiger partial charge in [-0.2, -0.15) is 0 Å². The minimum Gasteiger partial charge on any atom is -0.398 e. The van der Waals surface area contributed by atoms with E-state index in [1.807, 2.05) is 18.6 Å². The number of pyridine rings is 1. The molecule has 0 amide bonds. The molecule has 4 heteroatoms. The van der Waals surface area contributed by atoms with E-state index >= 15 is 0 Å². The summed E-state index contributed by atoms with van der Waals surface area (Å²) in [6.07, 6.45) is 9.35. The number of nitrogens with two attached hydrogens (primary N) is 1. The van der Waals surface area contributed by atoms with Gasteiger partial charge in [-0.25, -0.2) is 4.98 Å². The Labute approximate surface area is 108 Å². The Kier molecular flexibility index (Phi) is 3.36. The smallest absolute Gasteiger partial charge is 0.0956 e. The van der Waals surface area contributed by atoms with Crippen LogP contribution in [0.2, 0.25) is 0 Å². The molecule has 0 atom stereocenters. The largest absolute Gasteiger partial charge is 0.398 e. The van der Waals surface area contributed by atoms with Gasteiger partial charge in [0, 0.05) is 29.2 Å². The van der Waals surface area contributed by atoms with Gasteiger partial charge in [0.15, 0.2) is 0 Å². The van der Waals surface area contributed by atoms with E-state index in [1.165, 1.54) is 0 Å². The number of aromatic nitrogens is 3. The van der Waals surface area contributed by atoms with Crippen molar-refractivity contribution in [2.75, 3.05) is 5.73 Å². The number of rotatable bonds is 4. The van der Waals surface area contributed by atoms with E-state index in [-0.39, 0.29) is 5.54 Å². The summed E-state index contributed by atoms with van der Waals surface area (Å²) in [4.78, 5) is 8.44. The molecule has 0 aliphatic carbocycles. The van der Waals surface area contributed by atoms with Crippen LogP contribution in [-0.2, 0) is 5.54 Å². The molecule has 2 heterocycles. The van der Waals surface area contributed by atoms with E-state index in [0.717, 1.165) is 29.8 Å². The van der Waals surface area contributed by atoms with Crippen LogP contribution in [0.25, 0.3) is 11.3 Å². The standard InChI is InChI=1S/C14H20N4/c1-4-14(3,5-2)18-10-17-9-13(18)11-8-16-7-6-12(11)15/h6-10H,4-5H2,1-3H3,(H2,15,16). The molecule has 0 spiro atoms. The molecule has 0 bridgehead atoms. The molecule has 2 rings (SSSR count). The number of hydrogen-bond donors (Lipinski definition) is 1. The third-order valence-electron chi connectivity index (χ3n) is 3.87. The molecular weight excluding hydrogens is 224 g/mol. The summed E-state index contributed by atoms with van der Waals surface area (Å²) in [7, 11) is 0. The van der Waals surface area contributed by atoms with Gasteiger partial charge in [-0.15, -0.1) is 0 Å². The van der Waals surface area contributed by atoms with Crippen molar-refractivity contribution < 1.29 is 0 Å². The van der Waals surface area contributed by atoms with Gasteiger partial charge in [-0.3, -0.25) is 4.98 Å². The minimum absolute atomic E-state index is 0.0636. The van der Waals surface area contributed by atoms with Crippen molar-refractivity contribution in [2.45, 2.75) is 39.2 Å². The molecule has 0 fully saturated rings. The van der Waals surface area contributed by atoms with Crippen molar-refractivity contribution in [1.82, 2.24) is 14.5 Å². The summed E-state index contributed by atoms with van der Waals surface area (Å²) in [6, 6.07) is 1.82. The molecule has 2 aromatic heterocycles. The van der Waals surface area contributed by atoms with Crippen LogP contribution >= 0.6 is 0 Å². The predicted octanol–water partition coefficient (Wildman–Crippen LogP) is 3.06. The Morgan fingerprint density at radius 2 is 1.94 bits per heavy atom. The van der Waals surface area contributed by atoms with Gasteiger partial charge in [-0.1, -0.05) is 13.8 Å². The predicted molar refractivity (Wildman–Crippen MR) is 74.1 cm³/mol. The summed E-state index contributed by atoms with van der Waals surface area (Å²) in [5, 5.41) is 0. The van der Waals surface area contributed by atoms with Gasteiger partial charge in [-0.05, 0) is 25.8 Å². The first-order chi connectivity index (χ1) is 8.62. The number of hydrogen-bond acceptors (Lipinski definition) is 3. The van der Waals surface area contributed by atoms with Crippen LogP contribution in [0.3, 0.4) is 0 Å². The first-order valence-corrected chi connectivity index (χ1v) is 6.35. The van der Waals surface area contributed by atoms with Crippen molar-refractivity contribution in [3.05, 3.63) is 31.0 Å². The van der Waals surface area contributed by atoms with Gasteiger partial charge < -0.3 is 10.3 Å². The van der Waals surface area contributed by atoms with E-state index in [4.69, 9.17) is 5.73 Å². The summed E-state index contributed by atoms with van der Waals surface area (Å²) in [5.41, 5.74) is 8.81. The average Bonchev–Trinajstić information content (AvgIpc) is 2.88. The highest BCUT2D eigenvalue weighted by atomic mass is 15.1. The third-order valence-corrected chi connectivity index (χ3v) is 3.87. The Morgan fingerprint density at radius 1 is 1.22 bits per heavy atom. The average molecular weight is 244 g/mol. The van der Waals surface area contributed by atoms with E-state index < -0.39 is 0 Å². The number of anilines is 1. The Morgan fingerprint density at radius 3 is 2.56 bits per heavy atom. The lowest BCUT2D eigenvalue weighted by Crippen LogP contribution is -2.28. The lowest BCUT2D eigenvalue weighted by molar-refractivity contribution is 0.297. The topological polar surface area (TPSA) is 56.7 Å². The molecule has 0 aliphatic rings. The Bertz CT molecular complexity index is 526. The van der Waals surface area contributed by atoms with E-state index in [1.54, 1.807) is 12.4 Å². The van der Waals surface area contributed by atoms with Gasteiger partial charge in [0.25, 0.3) is 0 Å². The fourth-order valence-electron chi connectivity index (χ4n) is 2.13. The van der Waals surface area contributed by atoms with Crippen LogP contribution in [0.15, 0.2) is 31.0 Å². The van der Waals surface area contributed by atoms with Crippen molar-refractivity contribution in [3.8, 4) is 11.3 Å². The molecular formula is C14H20N4. The fourth-order valence-corrected chi connectivity index (χ4v) is 2.13. The lowest BCUT2D eigenvalue weighted by Gasteiger charge is -2.30. The molecule has 4 nitrogen and oxygen atoms in total. The zero-order valence-corrected chi connectivity index (χ0v) is 11.2. The highest BCUT2D eigenvalue weighted by molar-refractivity contribution is 5.72. The first-order valence-electron chi connectivity index (χ1n) is 6.35. The molecule has 0 radical (unpaired) electrons. The fraction of sp³-hybridized carbons (Fsp3) is 0.429. The van der Waals surface area contributed by atoms with Crippen LogP contribution in [0, 0.1) is 0 Å². The Balaban J connectivity index is 2.55. The van der Waals surface area contributed by atoms with E-state index in [2.05, 4.69) is 35.3 Å². The van der Waals surface area contributed by atoms with Crippen molar-refractivity contribution in [2.24, 2.45) is 0 Å². The van der Waals surface area contributed by atoms with Crippen LogP contribution in [0.5, 0.6) is 0 Å². The maximum Gasteiger partial charge on any atom is 0.0956 e. The SMILES string of the molecule is CCC(C)(CC)n1cncc1-c1cnccc1N. The van der Waals surface area contributed by atoms with Crippen LogP contribution in [-0.4, -0.2) is 14.5 Å². The van der Waals surface area contributed by atoms with Gasteiger partial charge >= 0.3 is 0 Å². The number of nitrogen functional groups attached to an aromatic ring is 1. The summed E-state index contributed by atoms with van der Waals surface area (Å²) in [6.45, 7) is 6.63. The van der Waals surface area contributed by atoms with Crippen molar-refractivity contribution in [3.63, 3.8) is 0 Å². The molecule has 0 aromatic carbocycles. The second kappa shape index (κ2) is 4.80.